The molecule has 5 heteroatoms. The summed E-state index contributed by atoms with van der Waals surface area (Å²) in [5.41, 5.74) is -1.13. The van der Waals surface area contributed by atoms with Crippen LogP contribution in [0.15, 0.2) is 0 Å². The van der Waals surface area contributed by atoms with Crippen LogP contribution in [0.5, 0.6) is 0 Å². The highest BCUT2D eigenvalue weighted by Gasteiger charge is 2.17. The fourth-order valence-electron chi connectivity index (χ4n) is 0.706. The molecule has 0 aromatic carbocycles. The predicted molar refractivity (Wildman–Crippen MR) is 47.2 cm³/mol. The summed E-state index contributed by atoms with van der Waals surface area (Å²) in [4.78, 5) is 10.6. The molecule has 1 unspecified atom stereocenters. The molecule has 1 atom stereocenters. The average molecular weight is 191 g/mol. The molecule has 0 saturated carbocycles. The van der Waals surface area contributed by atoms with Gasteiger partial charge in [-0.15, -0.1) is 0 Å². The molecule has 0 amide bonds. The molecule has 0 saturated heterocycles. The molecule has 0 heterocycles. The Morgan fingerprint density at radius 2 is 2.23 bits per heavy atom. The summed E-state index contributed by atoms with van der Waals surface area (Å²) in [5.74, 6) is -0.295. The van der Waals surface area contributed by atoms with Gasteiger partial charge in [-0.3, -0.25) is 4.79 Å². The summed E-state index contributed by atoms with van der Waals surface area (Å²) in [5, 5.41) is 20.8. The van der Waals surface area contributed by atoms with Crippen LogP contribution in [-0.2, 0) is 9.53 Å². The second-order valence-electron chi connectivity index (χ2n) is 3.16. The molecule has 0 fully saturated rings. The van der Waals surface area contributed by atoms with E-state index in [-0.39, 0.29) is 25.5 Å². The Morgan fingerprint density at radius 3 is 2.69 bits per heavy atom. The molecule has 5 nitrogen and oxygen atoms in total. The fourth-order valence-corrected chi connectivity index (χ4v) is 0.706. The van der Waals surface area contributed by atoms with Crippen LogP contribution < -0.4 is 5.32 Å². The van der Waals surface area contributed by atoms with Crippen molar-refractivity contribution in [3.05, 3.63) is 0 Å². The molecule has 0 aliphatic carbocycles. The van der Waals surface area contributed by atoms with Crippen LogP contribution in [0.2, 0.25) is 0 Å². The van der Waals surface area contributed by atoms with Crippen LogP contribution in [0.4, 0.5) is 0 Å². The van der Waals surface area contributed by atoms with Crippen molar-refractivity contribution in [2.45, 2.75) is 18.9 Å². The molecule has 13 heavy (non-hydrogen) atoms. The van der Waals surface area contributed by atoms with Gasteiger partial charge in [-0.25, -0.2) is 0 Å². The Kier molecular flexibility index (Phi) is 5.61. The van der Waals surface area contributed by atoms with Crippen LogP contribution >= 0.6 is 0 Å². The Bertz CT molecular complexity index is 158. The molecule has 0 rings (SSSR count). The number of rotatable bonds is 6. The number of hydrogen-bond donors (Lipinski definition) is 3. The maximum absolute atomic E-state index is 10.6. The summed E-state index contributed by atoms with van der Waals surface area (Å²) < 4.78 is 4.42. The lowest BCUT2D eigenvalue weighted by atomic mass is 10.1. The van der Waals surface area contributed by atoms with E-state index < -0.39 is 5.60 Å². The van der Waals surface area contributed by atoms with E-state index in [9.17, 15) is 9.90 Å². The quantitative estimate of drug-likeness (QED) is 0.366. The normalized spacial score (nSPS) is 15.1. The van der Waals surface area contributed by atoms with Gasteiger partial charge in [-0.05, 0) is 6.92 Å². The largest absolute Gasteiger partial charge is 0.469 e. The van der Waals surface area contributed by atoms with Crippen LogP contribution in [0.25, 0.3) is 0 Å². The van der Waals surface area contributed by atoms with Gasteiger partial charge in [-0.1, -0.05) is 0 Å². The third-order valence-corrected chi connectivity index (χ3v) is 1.58. The monoisotopic (exact) mass is 191 g/mol. The topological polar surface area (TPSA) is 78.8 Å². The van der Waals surface area contributed by atoms with E-state index in [0.29, 0.717) is 6.54 Å². The first kappa shape index (κ1) is 12.3. The van der Waals surface area contributed by atoms with Gasteiger partial charge in [0.25, 0.3) is 0 Å². The first-order valence-corrected chi connectivity index (χ1v) is 4.12. The number of methoxy groups -OCH3 is 1. The molecule has 78 valence electrons. The SMILES string of the molecule is COC(=O)CCNCC(C)(O)CO. The van der Waals surface area contributed by atoms with Crippen LogP contribution in [0, 0.1) is 0 Å². The van der Waals surface area contributed by atoms with Gasteiger partial charge in [0.1, 0.15) is 0 Å². The van der Waals surface area contributed by atoms with Crippen LogP contribution in [0.1, 0.15) is 13.3 Å². The summed E-state index contributed by atoms with van der Waals surface area (Å²) in [6.07, 6.45) is 0.262. The van der Waals surface area contributed by atoms with Gasteiger partial charge in [0.05, 0.1) is 25.7 Å². The highest BCUT2D eigenvalue weighted by atomic mass is 16.5. The molecule has 0 aromatic rings. The lowest BCUT2D eigenvalue weighted by Gasteiger charge is -2.20. The zero-order valence-corrected chi connectivity index (χ0v) is 8.04. The highest BCUT2D eigenvalue weighted by Crippen LogP contribution is 1.98. The second-order valence-corrected chi connectivity index (χ2v) is 3.16. The summed E-state index contributed by atoms with van der Waals surface area (Å²) >= 11 is 0. The number of carbonyl (C=O) groups is 1. The smallest absolute Gasteiger partial charge is 0.306 e. The molecule has 3 N–H and O–H groups in total. The standard InChI is InChI=1S/C8H17NO4/c1-8(12,6-10)5-9-4-3-7(11)13-2/h9-10,12H,3-6H2,1-2H3. The number of esters is 1. The van der Waals surface area contributed by atoms with Crippen molar-refractivity contribution in [2.24, 2.45) is 0 Å². The Labute approximate surface area is 77.7 Å². The number of carbonyl (C=O) groups excluding carboxylic acids is 1. The minimum Gasteiger partial charge on any atom is -0.469 e. The lowest BCUT2D eigenvalue weighted by molar-refractivity contribution is -0.140. The Balaban J connectivity index is 3.41. The molecule has 0 spiro atoms. The van der Waals surface area contributed by atoms with Crippen molar-refractivity contribution in [1.29, 1.82) is 0 Å². The summed E-state index contributed by atoms with van der Waals surface area (Å²) in [6, 6.07) is 0. The van der Waals surface area contributed by atoms with Gasteiger partial charge < -0.3 is 20.3 Å². The fraction of sp³-hybridized carbons (Fsp3) is 0.875. The molecule has 0 aliphatic rings. The number of hydrogen-bond acceptors (Lipinski definition) is 5. The minimum atomic E-state index is -1.13. The van der Waals surface area contributed by atoms with E-state index in [1.54, 1.807) is 0 Å². The second kappa shape index (κ2) is 5.90. The number of ether oxygens (including phenoxy) is 1. The molecule has 0 radical (unpaired) electrons. The summed E-state index contributed by atoms with van der Waals surface area (Å²) in [7, 11) is 1.33. The van der Waals surface area contributed by atoms with E-state index in [1.165, 1.54) is 14.0 Å². The zero-order valence-electron chi connectivity index (χ0n) is 8.04. The van der Waals surface area contributed by atoms with Gasteiger partial charge >= 0.3 is 5.97 Å². The van der Waals surface area contributed by atoms with Crippen molar-refractivity contribution in [1.82, 2.24) is 5.32 Å². The van der Waals surface area contributed by atoms with Crippen molar-refractivity contribution < 1.29 is 19.7 Å². The Hall–Kier alpha value is -0.650. The van der Waals surface area contributed by atoms with E-state index in [0.717, 1.165) is 0 Å². The third-order valence-electron chi connectivity index (χ3n) is 1.58. The van der Waals surface area contributed by atoms with E-state index in [4.69, 9.17) is 5.11 Å². The maximum Gasteiger partial charge on any atom is 0.306 e. The van der Waals surface area contributed by atoms with Gasteiger partial charge in [0.15, 0.2) is 0 Å². The molecule has 0 aromatic heterocycles. The molecule has 0 bridgehead atoms. The van der Waals surface area contributed by atoms with Crippen molar-refractivity contribution in [3.63, 3.8) is 0 Å². The van der Waals surface area contributed by atoms with Gasteiger partial charge in [0.2, 0.25) is 0 Å². The van der Waals surface area contributed by atoms with Crippen molar-refractivity contribution >= 4 is 5.97 Å². The number of nitrogens with one attached hydrogen (secondary N) is 1. The highest BCUT2D eigenvalue weighted by molar-refractivity contribution is 5.69. The molecular weight excluding hydrogens is 174 g/mol. The number of aliphatic hydroxyl groups is 2. The van der Waals surface area contributed by atoms with E-state index in [1.807, 2.05) is 0 Å². The maximum atomic E-state index is 10.6. The molecular formula is C8H17NO4. The van der Waals surface area contributed by atoms with E-state index in [2.05, 4.69) is 10.1 Å². The lowest BCUT2D eigenvalue weighted by Crippen LogP contribution is -2.41. The zero-order chi connectivity index (χ0) is 10.3. The minimum absolute atomic E-state index is 0.250. The van der Waals surface area contributed by atoms with Crippen molar-refractivity contribution in [2.75, 3.05) is 26.8 Å². The third kappa shape index (κ3) is 6.51. The van der Waals surface area contributed by atoms with Crippen molar-refractivity contribution in [3.8, 4) is 0 Å². The predicted octanol–water partition coefficient (Wildman–Crippen LogP) is -1.12. The molecule has 0 aliphatic heterocycles. The van der Waals surface area contributed by atoms with Crippen LogP contribution in [0.3, 0.4) is 0 Å². The first-order chi connectivity index (χ1) is 6.02. The average Bonchev–Trinajstić information content (AvgIpc) is 2.12. The van der Waals surface area contributed by atoms with Gasteiger partial charge in [0, 0.05) is 13.1 Å². The van der Waals surface area contributed by atoms with Crippen LogP contribution in [-0.4, -0.2) is 48.6 Å². The summed E-state index contributed by atoms with van der Waals surface area (Å²) in [6.45, 7) is 1.89. The van der Waals surface area contributed by atoms with Gasteiger partial charge in [-0.2, -0.15) is 0 Å². The first-order valence-electron chi connectivity index (χ1n) is 4.12. The van der Waals surface area contributed by atoms with E-state index >= 15 is 0 Å². The number of aliphatic hydroxyl groups excluding tert-OH is 1. The Morgan fingerprint density at radius 1 is 1.62 bits per heavy atom.